The van der Waals surface area contributed by atoms with Crippen LogP contribution in [0, 0.1) is 0 Å². The Morgan fingerprint density at radius 2 is 1.04 bits per heavy atom. The Morgan fingerprint density at radius 1 is 0.367 bits per heavy atom. The van der Waals surface area contributed by atoms with Gasteiger partial charge in [0.25, 0.3) is 0 Å². The van der Waals surface area contributed by atoms with Gasteiger partial charge in [-0.1, -0.05) is 140 Å². The molecule has 0 saturated carbocycles. The van der Waals surface area contributed by atoms with Crippen LogP contribution in [0.1, 0.15) is 0 Å². The number of hydrogen-bond donors (Lipinski definition) is 0. The second kappa shape index (κ2) is 11.0. The molecule has 0 aliphatic carbocycles. The summed E-state index contributed by atoms with van der Waals surface area (Å²) in [6.45, 7) is 0. The lowest BCUT2D eigenvalue weighted by Gasteiger charge is -2.15. The lowest BCUT2D eigenvalue weighted by atomic mass is 9.91. The molecular formula is C46H28N2O. The minimum absolute atomic E-state index is 0.698. The Balaban J connectivity index is 1.24. The fourth-order valence-corrected chi connectivity index (χ4v) is 7.40. The number of fused-ring (bicyclic) bond motifs is 7. The molecule has 0 N–H and O–H groups in total. The van der Waals surface area contributed by atoms with Crippen molar-refractivity contribution >= 4 is 54.3 Å². The Kier molecular flexibility index (Phi) is 6.18. The Hall–Kier alpha value is -6.58. The first-order chi connectivity index (χ1) is 24.3. The van der Waals surface area contributed by atoms with Gasteiger partial charge < -0.3 is 4.42 Å². The zero-order chi connectivity index (χ0) is 32.3. The predicted octanol–water partition coefficient (Wildman–Crippen LogP) is 12.5. The van der Waals surface area contributed by atoms with E-state index in [1.807, 2.05) is 36.4 Å². The first-order valence-electron chi connectivity index (χ1n) is 16.6. The standard InChI is InChI=1S/C46H28N2O/c1-2-13-30(14-3-1)46-47-40(33-17-10-16-31(26-33)36-21-11-23-43-45(36)38-20-8-9-22-42(38)49-43)28-41(48-46)44-35-19-7-5-15-32(35)27-39-34-18-6-4-12-29(34)24-25-37(39)44/h1-28H. The van der Waals surface area contributed by atoms with Crippen molar-refractivity contribution in [2.75, 3.05) is 0 Å². The van der Waals surface area contributed by atoms with Crippen LogP contribution in [0.25, 0.3) is 99.3 Å². The molecule has 0 fully saturated rings. The van der Waals surface area contributed by atoms with Gasteiger partial charge in [-0.25, -0.2) is 9.97 Å². The van der Waals surface area contributed by atoms with E-state index in [0.29, 0.717) is 5.82 Å². The maximum Gasteiger partial charge on any atom is 0.160 e. The maximum absolute atomic E-state index is 6.24. The molecule has 2 heterocycles. The summed E-state index contributed by atoms with van der Waals surface area (Å²) < 4.78 is 6.24. The molecule has 3 nitrogen and oxygen atoms in total. The summed E-state index contributed by atoms with van der Waals surface area (Å²) in [5.41, 5.74) is 8.91. The van der Waals surface area contributed by atoms with Crippen LogP contribution in [0.4, 0.5) is 0 Å². The summed E-state index contributed by atoms with van der Waals surface area (Å²) in [6, 6.07) is 59.7. The smallest absolute Gasteiger partial charge is 0.160 e. The normalized spacial score (nSPS) is 11.7. The van der Waals surface area contributed by atoms with Crippen LogP contribution in [0.15, 0.2) is 174 Å². The number of furan rings is 1. The maximum atomic E-state index is 6.24. The first-order valence-corrected chi connectivity index (χ1v) is 16.6. The highest BCUT2D eigenvalue weighted by Gasteiger charge is 2.18. The fraction of sp³-hybridized carbons (Fsp3) is 0. The molecule has 228 valence electrons. The minimum Gasteiger partial charge on any atom is -0.456 e. The van der Waals surface area contributed by atoms with Gasteiger partial charge in [0, 0.05) is 27.5 Å². The van der Waals surface area contributed by atoms with E-state index >= 15 is 0 Å². The van der Waals surface area contributed by atoms with E-state index in [4.69, 9.17) is 14.4 Å². The molecule has 0 atom stereocenters. The van der Waals surface area contributed by atoms with E-state index in [-0.39, 0.29) is 0 Å². The van der Waals surface area contributed by atoms with Gasteiger partial charge in [0.1, 0.15) is 11.2 Å². The molecule has 0 aliphatic rings. The van der Waals surface area contributed by atoms with Crippen LogP contribution in [-0.4, -0.2) is 9.97 Å². The van der Waals surface area contributed by atoms with Gasteiger partial charge in [0.05, 0.1) is 11.4 Å². The highest BCUT2D eigenvalue weighted by molar-refractivity contribution is 6.20. The number of aromatic nitrogens is 2. The van der Waals surface area contributed by atoms with Gasteiger partial charge >= 0.3 is 0 Å². The van der Waals surface area contributed by atoms with Crippen molar-refractivity contribution in [2.45, 2.75) is 0 Å². The lowest BCUT2D eigenvalue weighted by Crippen LogP contribution is -1.97. The van der Waals surface area contributed by atoms with Gasteiger partial charge in [-0.3, -0.25) is 0 Å². The second-order valence-corrected chi connectivity index (χ2v) is 12.5. The van der Waals surface area contributed by atoms with Crippen molar-refractivity contribution in [3.63, 3.8) is 0 Å². The average Bonchev–Trinajstić information content (AvgIpc) is 3.56. The molecular weight excluding hydrogens is 597 g/mol. The topological polar surface area (TPSA) is 38.9 Å². The lowest BCUT2D eigenvalue weighted by molar-refractivity contribution is 0.669. The van der Waals surface area contributed by atoms with E-state index in [0.717, 1.165) is 61.1 Å². The van der Waals surface area contributed by atoms with Crippen molar-refractivity contribution in [3.8, 4) is 45.0 Å². The van der Waals surface area contributed by atoms with E-state index in [1.54, 1.807) is 0 Å². The van der Waals surface area contributed by atoms with Crippen LogP contribution >= 0.6 is 0 Å². The first kappa shape index (κ1) is 27.5. The van der Waals surface area contributed by atoms with Crippen molar-refractivity contribution in [3.05, 3.63) is 170 Å². The largest absolute Gasteiger partial charge is 0.456 e. The number of rotatable bonds is 4. The van der Waals surface area contributed by atoms with Gasteiger partial charge in [0.2, 0.25) is 0 Å². The zero-order valence-electron chi connectivity index (χ0n) is 26.5. The molecule has 0 unspecified atom stereocenters. The van der Waals surface area contributed by atoms with Gasteiger partial charge in [-0.05, 0) is 73.8 Å². The molecule has 10 aromatic rings. The predicted molar refractivity (Wildman–Crippen MR) is 204 cm³/mol. The Morgan fingerprint density at radius 3 is 1.94 bits per heavy atom. The molecule has 10 rings (SSSR count). The van der Waals surface area contributed by atoms with E-state index in [9.17, 15) is 0 Å². The Labute approximate surface area is 282 Å². The molecule has 49 heavy (non-hydrogen) atoms. The fourth-order valence-electron chi connectivity index (χ4n) is 7.40. The molecule has 0 saturated heterocycles. The quantitative estimate of drug-likeness (QED) is 0.144. The van der Waals surface area contributed by atoms with Gasteiger partial charge in [0.15, 0.2) is 5.82 Å². The molecule has 3 heteroatoms. The zero-order valence-corrected chi connectivity index (χ0v) is 26.5. The number of nitrogens with zero attached hydrogens (tertiary/aromatic N) is 2. The molecule has 0 bridgehead atoms. The summed E-state index contributed by atoms with van der Waals surface area (Å²) in [6.07, 6.45) is 0. The monoisotopic (exact) mass is 624 g/mol. The average molecular weight is 625 g/mol. The number of hydrogen-bond acceptors (Lipinski definition) is 3. The van der Waals surface area contributed by atoms with E-state index in [2.05, 4.69) is 133 Å². The molecule has 0 radical (unpaired) electrons. The summed E-state index contributed by atoms with van der Waals surface area (Å²) >= 11 is 0. The van der Waals surface area contributed by atoms with Crippen molar-refractivity contribution in [1.82, 2.24) is 9.97 Å². The highest BCUT2D eigenvalue weighted by Crippen LogP contribution is 2.41. The van der Waals surface area contributed by atoms with Gasteiger partial charge in [-0.2, -0.15) is 0 Å². The molecule has 0 aliphatic heterocycles. The molecule has 0 amide bonds. The molecule has 8 aromatic carbocycles. The van der Waals surface area contributed by atoms with Crippen molar-refractivity contribution in [2.24, 2.45) is 0 Å². The van der Waals surface area contributed by atoms with Crippen LogP contribution in [-0.2, 0) is 0 Å². The SMILES string of the molecule is c1ccc(-c2nc(-c3cccc(-c4cccc5oc6ccccc6c45)c3)cc(-c3c4ccccc4cc4c3ccc3ccccc34)n2)cc1. The van der Waals surface area contributed by atoms with Crippen LogP contribution in [0.3, 0.4) is 0 Å². The summed E-state index contributed by atoms with van der Waals surface area (Å²) in [5, 5.41) is 9.44. The summed E-state index contributed by atoms with van der Waals surface area (Å²) in [5.74, 6) is 0.698. The third-order valence-electron chi connectivity index (χ3n) is 9.66. The summed E-state index contributed by atoms with van der Waals surface area (Å²) in [7, 11) is 0. The Bertz CT molecular complexity index is 2890. The third kappa shape index (κ3) is 4.51. The van der Waals surface area contributed by atoms with E-state index in [1.165, 1.54) is 32.3 Å². The van der Waals surface area contributed by atoms with Crippen molar-refractivity contribution < 1.29 is 4.42 Å². The van der Waals surface area contributed by atoms with Crippen LogP contribution in [0.2, 0.25) is 0 Å². The summed E-state index contributed by atoms with van der Waals surface area (Å²) in [4.78, 5) is 10.5. The van der Waals surface area contributed by atoms with Gasteiger partial charge in [-0.15, -0.1) is 0 Å². The van der Waals surface area contributed by atoms with Crippen LogP contribution in [0.5, 0.6) is 0 Å². The molecule has 2 aromatic heterocycles. The van der Waals surface area contributed by atoms with Crippen molar-refractivity contribution in [1.29, 1.82) is 0 Å². The number of para-hydroxylation sites is 1. The third-order valence-corrected chi connectivity index (χ3v) is 9.66. The second-order valence-electron chi connectivity index (χ2n) is 12.5. The van der Waals surface area contributed by atoms with Crippen LogP contribution < -0.4 is 0 Å². The molecule has 0 spiro atoms. The number of benzene rings is 8. The highest BCUT2D eigenvalue weighted by atomic mass is 16.3. The van der Waals surface area contributed by atoms with E-state index < -0.39 is 0 Å². The minimum atomic E-state index is 0.698.